The number of nitrogens with one attached hydrogen (secondary N) is 2. The fraction of sp³-hybridized carbons (Fsp3) is 0.381. The molecule has 0 saturated heterocycles. The third-order valence-corrected chi connectivity index (χ3v) is 7.33. The maximum atomic E-state index is 14.5. The quantitative estimate of drug-likeness (QED) is 0.775. The number of anilines is 1. The van der Waals surface area contributed by atoms with E-state index < -0.39 is 25.8 Å². The van der Waals surface area contributed by atoms with Crippen LogP contribution in [0.2, 0.25) is 19.6 Å². The van der Waals surface area contributed by atoms with Gasteiger partial charge in [0.25, 0.3) is 0 Å². The Hall–Kier alpha value is -2.25. The van der Waals surface area contributed by atoms with Crippen LogP contribution in [0.15, 0.2) is 24.3 Å². The highest BCUT2D eigenvalue weighted by molar-refractivity contribution is 6.88. The minimum atomic E-state index is -2.16. The van der Waals surface area contributed by atoms with Gasteiger partial charge in [-0.05, 0) is 29.7 Å². The number of ether oxygens (including phenoxy) is 1. The fourth-order valence-corrected chi connectivity index (χ4v) is 5.70. The Morgan fingerprint density at radius 3 is 2.57 bits per heavy atom. The van der Waals surface area contributed by atoms with Gasteiger partial charge in [-0.15, -0.1) is 0 Å². The molecule has 0 spiro atoms. The van der Waals surface area contributed by atoms with Crippen LogP contribution in [0.25, 0.3) is 0 Å². The first-order chi connectivity index (χ1) is 13.3. The first-order valence-electron chi connectivity index (χ1n) is 9.57. The summed E-state index contributed by atoms with van der Waals surface area (Å²) in [7, 11) is -2.16. The van der Waals surface area contributed by atoms with Gasteiger partial charge in [-0.3, -0.25) is 4.79 Å². The Kier molecular flexibility index (Phi) is 4.75. The summed E-state index contributed by atoms with van der Waals surface area (Å²) >= 11 is 0. The summed E-state index contributed by atoms with van der Waals surface area (Å²) in [5.41, 5.74) is 3.23. The summed E-state index contributed by atoms with van der Waals surface area (Å²) in [6, 6.07) is 5.79. The Bertz CT molecular complexity index is 933. The van der Waals surface area contributed by atoms with Crippen LogP contribution in [-0.2, 0) is 17.6 Å². The molecule has 0 bridgehead atoms. The van der Waals surface area contributed by atoms with Crippen LogP contribution in [0.4, 0.5) is 14.5 Å². The van der Waals surface area contributed by atoms with Gasteiger partial charge in [0.05, 0.1) is 14.7 Å². The molecule has 2 N–H and O–H groups in total. The predicted octanol–water partition coefficient (Wildman–Crippen LogP) is 3.27. The number of carbonyl (C=O) groups excluding carboxylic acids is 1. The zero-order valence-electron chi connectivity index (χ0n) is 16.3. The molecular weight excluding hydrogens is 378 g/mol. The van der Waals surface area contributed by atoms with Crippen molar-refractivity contribution in [2.24, 2.45) is 0 Å². The SMILES string of the molecule is C[Si](C)(C)c1c(F)cc(NC(=O)[C@@H]2NCCc3c2ccc2c3OCC2)cc1F. The molecule has 0 aromatic heterocycles. The molecule has 2 aliphatic heterocycles. The molecule has 148 valence electrons. The molecule has 2 aromatic rings. The van der Waals surface area contributed by atoms with Gasteiger partial charge >= 0.3 is 0 Å². The van der Waals surface area contributed by atoms with E-state index >= 15 is 0 Å². The number of fused-ring (bicyclic) bond motifs is 3. The zero-order chi connectivity index (χ0) is 20.1. The molecule has 2 aliphatic rings. The average Bonchev–Trinajstić information content (AvgIpc) is 3.08. The van der Waals surface area contributed by atoms with E-state index in [0.29, 0.717) is 13.2 Å². The summed E-state index contributed by atoms with van der Waals surface area (Å²) < 4.78 is 34.8. The van der Waals surface area contributed by atoms with Gasteiger partial charge in [0.1, 0.15) is 23.4 Å². The molecular formula is C21H24F2N2O2Si. The van der Waals surface area contributed by atoms with Crippen molar-refractivity contribution in [1.82, 2.24) is 5.32 Å². The number of benzene rings is 2. The monoisotopic (exact) mass is 402 g/mol. The molecule has 7 heteroatoms. The number of carbonyl (C=O) groups is 1. The van der Waals surface area contributed by atoms with Crippen LogP contribution in [0.1, 0.15) is 22.7 Å². The molecule has 2 heterocycles. The Balaban J connectivity index is 1.61. The highest BCUT2D eigenvalue weighted by Gasteiger charge is 2.31. The third-order valence-electron chi connectivity index (χ3n) is 5.35. The standard InChI is InChI=1S/C21H24F2N2O2Si/c1-28(2,3)20-16(22)10-13(11-17(20)23)25-21(26)18-14-5-4-12-7-9-27-19(12)15(14)6-8-24-18/h4-5,10-11,18,24H,6-9H2,1-3H3,(H,25,26)/t18-/m1/s1. The summed E-state index contributed by atoms with van der Waals surface area (Å²) in [5, 5.41) is 6.03. The molecule has 4 nitrogen and oxygen atoms in total. The van der Waals surface area contributed by atoms with Gasteiger partial charge in [-0.1, -0.05) is 31.8 Å². The second kappa shape index (κ2) is 6.97. The maximum absolute atomic E-state index is 14.5. The normalized spacial score (nSPS) is 18.2. The number of amides is 1. The van der Waals surface area contributed by atoms with E-state index in [9.17, 15) is 13.6 Å². The average molecular weight is 403 g/mol. The molecule has 1 amide bonds. The molecule has 0 aliphatic carbocycles. The van der Waals surface area contributed by atoms with Crippen molar-refractivity contribution < 1.29 is 18.3 Å². The van der Waals surface area contributed by atoms with E-state index in [0.717, 1.165) is 29.7 Å². The summed E-state index contributed by atoms with van der Waals surface area (Å²) in [5.74, 6) is -0.637. The first kappa shape index (κ1) is 19.1. The molecule has 0 unspecified atom stereocenters. The smallest absolute Gasteiger partial charge is 0.246 e. The van der Waals surface area contributed by atoms with Crippen LogP contribution in [0.5, 0.6) is 5.75 Å². The second-order valence-corrected chi connectivity index (χ2v) is 13.4. The molecule has 0 saturated carbocycles. The Morgan fingerprint density at radius 1 is 1.18 bits per heavy atom. The topological polar surface area (TPSA) is 50.4 Å². The minimum absolute atomic E-state index is 0.133. The fourth-order valence-electron chi connectivity index (χ4n) is 4.12. The van der Waals surface area contributed by atoms with Crippen LogP contribution in [0, 0.1) is 11.6 Å². The Labute approximate surface area is 164 Å². The highest BCUT2D eigenvalue weighted by Crippen LogP contribution is 2.37. The highest BCUT2D eigenvalue weighted by atomic mass is 28.3. The zero-order valence-corrected chi connectivity index (χ0v) is 17.3. The van der Waals surface area contributed by atoms with E-state index in [4.69, 9.17) is 4.74 Å². The summed E-state index contributed by atoms with van der Waals surface area (Å²) in [6.45, 7) is 6.96. The molecule has 4 rings (SSSR count). The van der Waals surface area contributed by atoms with Crippen molar-refractivity contribution in [3.8, 4) is 5.75 Å². The van der Waals surface area contributed by atoms with E-state index in [1.165, 1.54) is 17.7 Å². The summed E-state index contributed by atoms with van der Waals surface area (Å²) in [4.78, 5) is 12.9. The molecule has 2 aromatic carbocycles. The van der Waals surface area contributed by atoms with Crippen molar-refractivity contribution in [3.63, 3.8) is 0 Å². The van der Waals surface area contributed by atoms with Gasteiger partial charge in [0, 0.05) is 29.4 Å². The second-order valence-electron chi connectivity index (χ2n) is 8.41. The van der Waals surface area contributed by atoms with E-state index in [1.54, 1.807) is 0 Å². The van der Waals surface area contributed by atoms with E-state index in [1.807, 2.05) is 31.8 Å². The largest absolute Gasteiger partial charge is 0.493 e. The summed E-state index contributed by atoms with van der Waals surface area (Å²) in [6.07, 6.45) is 1.67. The number of hydrogen-bond donors (Lipinski definition) is 2. The minimum Gasteiger partial charge on any atom is -0.493 e. The molecule has 0 fully saturated rings. The Morgan fingerprint density at radius 2 is 1.89 bits per heavy atom. The lowest BCUT2D eigenvalue weighted by molar-refractivity contribution is -0.118. The molecule has 1 atom stereocenters. The lowest BCUT2D eigenvalue weighted by Crippen LogP contribution is -2.42. The first-order valence-corrected chi connectivity index (χ1v) is 13.1. The van der Waals surface area contributed by atoms with Crippen molar-refractivity contribution in [3.05, 3.63) is 52.6 Å². The van der Waals surface area contributed by atoms with Gasteiger partial charge in [0.15, 0.2) is 0 Å². The van der Waals surface area contributed by atoms with Gasteiger partial charge in [-0.25, -0.2) is 8.78 Å². The van der Waals surface area contributed by atoms with E-state index in [-0.39, 0.29) is 16.8 Å². The van der Waals surface area contributed by atoms with Crippen LogP contribution in [-0.4, -0.2) is 27.1 Å². The van der Waals surface area contributed by atoms with Gasteiger partial charge in [-0.2, -0.15) is 0 Å². The molecule has 28 heavy (non-hydrogen) atoms. The number of halogens is 2. The van der Waals surface area contributed by atoms with Crippen LogP contribution < -0.4 is 20.6 Å². The van der Waals surface area contributed by atoms with Crippen molar-refractivity contribution >= 4 is 24.9 Å². The maximum Gasteiger partial charge on any atom is 0.246 e. The number of hydrogen-bond acceptors (Lipinski definition) is 3. The third kappa shape index (κ3) is 3.33. The van der Waals surface area contributed by atoms with Gasteiger partial charge < -0.3 is 15.4 Å². The predicted molar refractivity (Wildman–Crippen MR) is 108 cm³/mol. The number of rotatable bonds is 3. The lowest BCUT2D eigenvalue weighted by Gasteiger charge is -2.27. The van der Waals surface area contributed by atoms with Crippen molar-refractivity contribution in [2.45, 2.75) is 38.5 Å². The van der Waals surface area contributed by atoms with Crippen molar-refractivity contribution in [1.29, 1.82) is 0 Å². The van der Waals surface area contributed by atoms with Crippen LogP contribution >= 0.6 is 0 Å². The van der Waals surface area contributed by atoms with Gasteiger partial charge in [0.2, 0.25) is 5.91 Å². The van der Waals surface area contributed by atoms with Crippen LogP contribution in [0.3, 0.4) is 0 Å². The molecule has 0 radical (unpaired) electrons. The van der Waals surface area contributed by atoms with E-state index in [2.05, 4.69) is 10.6 Å². The van der Waals surface area contributed by atoms with Crippen molar-refractivity contribution in [2.75, 3.05) is 18.5 Å². The lowest BCUT2D eigenvalue weighted by atomic mass is 9.91.